The lowest BCUT2D eigenvalue weighted by Crippen LogP contribution is -1.89. The lowest BCUT2D eigenvalue weighted by molar-refractivity contribution is 0.791. The van der Waals surface area contributed by atoms with E-state index >= 15 is 0 Å². The molecule has 0 aliphatic rings. The molecule has 62 valence electrons. The smallest absolute Gasteiger partial charge is 0.0219 e. The van der Waals surface area contributed by atoms with E-state index in [4.69, 9.17) is 0 Å². The summed E-state index contributed by atoms with van der Waals surface area (Å²) in [5.41, 5.74) is 2.61. The molecule has 0 heterocycles. The zero-order valence-corrected chi connectivity index (χ0v) is 8.02. The van der Waals surface area contributed by atoms with Crippen LogP contribution >= 0.6 is 0 Å². The highest BCUT2D eigenvalue weighted by atomic mass is 14.0. The Bertz CT molecular complexity index is 180. The Morgan fingerprint density at radius 1 is 1.36 bits per heavy atom. The molecule has 0 fully saturated rings. The molecule has 0 heteroatoms. The first kappa shape index (κ1) is 10.2. The second kappa shape index (κ2) is 4.95. The van der Waals surface area contributed by atoms with Gasteiger partial charge in [-0.25, -0.2) is 0 Å². The highest BCUT2D eigenvalue weighted by Crippen LogP contribution is 2.12. The van der Waals surface area contributed by atoms with E-state index in [0.29, 0.717) is 5.92 Å². The molecule has 0 radical (unpaired) electrons. The summed E-state index contributed by atoms with van der Waals surface area (Å²) in [5.74, 6) is 0.572. The van der Waals surface area contributed by atoms with Crippen molar-refractivity contribution in [3.8, 4) is 0 Å². The quantitative estimate of drug-likeness (QED) is 0.538. The molecule has 0 aliphatic heterocycles. The normalized spacial score (nSPS) is 13.9. The first-order valence-corrected chi connectivity index (χ1v) is 4.08. The van der Waals surface area contributed by atoms with Gasteiger partial charge in [-0.15, -0.1) is 0 Å². The first-order chi connectivity index (χ1) is 5.11. The average Bonchev–Trinajstić information content (AvgIpc) is 1.99. The molecule has 0 saturated carbocycles. The van der Waals surface area contributed by atoms with Gasteiger partial charge in [-0.2, -0.15) is 0 Å². The summed E-state index contributed by atoms with van der Waals surface area (Å²) >= 11 is 0. The van der Waals surface area contributed by atoms with Gasteiger partial charge in [0, 0.05) is 0 Å². The number of hydrogen-bond donors (Lipinski definition) is 0. The van der Waals surface area contributed by atoms with Crippen LogP contribution in [0.15, 0.2) is 36.0 Å². The fourth-order valence-corrected chi connectivity index (χ4v) is 0.808. The van der Waals surface area contributed by atoms with Crippen molar-refractivity contribution in [2.45, 2.75) is 27.7 Å². The Morgan fingerprint density at radius 2 is 1.91 bits per heavy atom. The van der Waals surface area contributed by atoms with Gasteiger partial charge in [-0.05, 0) is 25.3 Å². The molecular formula is C11H18. The van der Waals surface area contributed by atoms with Crippen molar-refractivity contribution in [3.63, 3.8) is 0 Å². The fourth-order valence-electron chi connectivity index (χ4n) is 0.808. The molecule has 0 unspecified atom stereocenters. The summed E-state index contributed by atoms with van der Waals surface area (Å²) in [4.78, 5) is 0. The van der Waals surface area contributed by atoms with E-state index < -0.39 is 0 Å². The topological polar surface area (TPSA) is 0 Å². The predicted molar refractivity (Wildman–Crippen MR) is 52.5 cm³/mol. The summed E-state index contributed by atoms with van der Waals surface area (Å²) in [6.45, 7) is 12.3. The SMILES string of the molecule is C=C/C(=C\C(C)=C/C)C(C)C. The van der Waals surface area contributed by atoms with Crippen LogP contribution in [0.1, 0.15) is 27.7 Å². The van der Waals surface area contributed by atoms with Crippen LogP contribution in [0.4, 0.5) is 0 Å². The van der Waals surface area contributed by atoms with Crippen molar-refractivity contribution < 1.29 is 0 Å². The Kier molecular flexibility index (Phi) is 4.60. The Hall–Kier alpha value is -0.780. The molecule has 0 aliphatic carbocycles. The van der Waals surface area contributed by atoms with Gasteiger partial charge in [0.25, 0.3) is 0 Å². The van der Waals surface area contributed by atoms with Gasteiger partial charge in [-0.1, -0.05) is 44.2 Å². The van der Waals surface area contributed by atoms with Gasteiger partial charge in [-0.3, -0.25) is 0 Å². The third-order valence-electron chi connectivity index (χ3n) is 1.75. The number of allylic oxidation sites excluding steroid dienone is 5. The molecular weight excluding hydrogens is 132 g/mol. The van der Waals surface area contributed by atoms with E-state index in [0.717, 1.165) is 0 Å². The highest BCUT2D eigenvalue weighted by Gasteiger charge is 1.96. The zero-order valence-electron chi connectivity index (χ0n) is 8.02. The van der Waals surface area contributed by atoms with Crippen molar-refractivity contribution in [3.05, 3.63) is 36.0 Å². The van der Waals surface area contributed by atoms with E-state index in [1.807, 2.05) is 13.0 Å². The minimum atomic E-state index is 0.572. The maximum absolute atomic E-state index is 3.77. The van der Waals surface area contributed by atoms with Gasteiger partial charge in [0.2, 0.25) is 0 Å². The molecule has 0 spiro atoms. The molecule has 0 nitrogen and oxygen atoms in total. The number of hydrogen-bond acceptors (Lipinski definition) is 0. The Morgan fingerprint density at radius 3 is 2.18 bits per heavy atom. The van der Waals surface area contributed by atoms with E-state index in [1.54, 1.807) is 0 Å². The van der Waals surface area contributed by atoms with Gasteiger partial charge in [0.05, 0.1) is 0 Å². The summed E-state index contributed by atoms with van der Waals surface area (Å²) in [7, 11) is 0. The standard InChI is InChI=1S/C11H18/c1-6-10(5)8-11(7-2)9(3)4/h6-9H,2H2,1,3-5H3/b10-6-,11-8+. The summed E-state index contributed by atoms with van der Waals surface area (Å²) in [6, 6.07) is 0. The number of rotatable bonds is 3. The summed E-state index contributed by atoms with van der Waals surface area (Å²) in [6.07, 6.45) is 6.21. The minimum Gasteiger partial charge on any atom is -0.0988 e. The van der Waals surface area contributed by atoms with E-state index in [1.165, 1.54) is 11.1 Å². The lowest BCUT2D eigenvalue weighted by atomic mass is 10.0. The predicted octanol–water partition coefficient (Wildman–Crippen LogP) is 3.72. The summed E-state index contributed by atoms with van der Waals surface area (Å²) < 4.78 is 0. The fraction of sp³-hybridized carbons (Fsp3) is 0.455. The van der Waals surface area contributed by atoms with Crippen molar-refractivity contribution in [1.29, 1.82) is 0 Å². The Balaban J connectivity index is 4.48. The monoisotopic (exact) mass is 150 g/mol. The molecule has 0 aromatic heterocycles. The molecule has 0 atom stereocenters. The third kappa shape index (κ3) is 3.82. The Labute approximate surface area is 70.3 Å². The third-order valence-corrected chi connectivity index (χ3v) is 1.75. The van der Waals surface area contributed by atoms with Crippen LogP contribution in [-0.4, -0.2) is 0 Å². The molecule has 11 heavy (non-hydrogen) atoms. The van der Waals surface area contributed by atoms with Crippen molar-refractivity contribution >= 4 is 0 Å². The maximum atomic E-state index is 3.77. The van der Waals surface area contributed by atoms with Crippen LogP contribution in [0.5, 0.6) is 0 Å². The zero-order chi connectivity index (χ0) is 8.85. The molecule has 0 rings (SSSR count). The van der Waals surface area contributed by atoms with Crippen molar-refractivity contribution in [2.75, 3.05) is 0 Å². The van der Waals surface area contributed by atoms with Crippen LogP contribution in [0, 0.1) is 5.92 Å². The van der Waals surface area contributed by atoms with E-state index in [2.05, 4.69) is 39.5 Å². The molecule has 0 aromatic carbocycles. The van der Waals surface area contributed by atoms with Crippen LogP contribution in [0.3, 0.4) is 0 Å². The van der Waals surface area contributed by atoms with Gasteiger partial charge >= 0.3 is 0 Å². The molecule has 0 saturated heterocycles. The van der Waals surface area contributed by atoms with Gasteiger partial charge < -0.3 is 0 Å². The maximum Gasteiger partial charge on any atom is -0.0219 e. The second-order valence-corrected chi connectivity index (χ2v) is 3.04. The van der Waals surface area contributed by atoms with Gasteiger partial charge in [0.15, 0.2) is 0 Å². The van der Waals surface area contributed by atoms with Crippen molar-refractivity contribution in [1.82, 2.24) is 0 Å². The highest BCUT2D eigenvalue weighted by molar-refractivity contribution is 5.28. The first-order valence-electron chi connectivity index (χ1n) is 4.08. The molecule has 0 aromatic rings. The van der Waals surface area contributed by atoms with Crippen LogP contribution < -0.4 is 0 Å². The minimum absolute atomic E-state index is 0.572. The molecule has 0 amide bonds. The summed E-state index contributed by atoms with van der Waals surface area (Å²) in [5, 5.41) is 0. The second-order valence-electron chi connectivity index (χ2n) is 3.04. The van der Waals surface area contributed by atoms with Crippen LogP contribution in [-0.2, 0) is 0 Å². The van der Waals surface area contributed by atoms with Gasteiger partial charge in [0.1, 0.15) is 0 Å². The lowest BCUT2D eigenvalue weighted by Gasteiger charge is -2.05. The van der Waals surface area contributed by atoms with E-state index in [-0.39, 0.29) is 0 Å². The molecule has 0 N–H and O–H groups in total. The van der Waals surface area contributed by atoms with Crippen molar-refractivity contribution in [2.24, 2.45) is 5.92 Å². The van der Waals surface area contributed by atoms with Crippen LogP contribution in [0.2, 0.25) is 0 Å². The largest absolute Gasteiger partial charge is 0.0988 e. The molecule has 0 bridgehead atoms. The van der Waals surface area contributed by atoms with Crippen LogP contribution in [0.25, 0.3) is 0 Å². The average molecular weight is 150 g/mol. The van der Waals surface area contributed by atoms with E-state index in [9.17, 15) is 0 Å².